The maximum atomic E-state index is 12.2. The number of carbonyl (C=O) groups excluding carboxylic acids is 1. The smallest absolute Gasteiger partial charge is 0.314 e. The Morgan fingerprint density at radius 3 is 2.24 bits per heavy atom. The second-order valence-electron chi connectivity index (χ2n) is 4.59. The van der Waals surface area contributed by atoms with E-state index in [2.05, 4.69) is 0 Å². The number of aliphatic carboxylic acids is 1. The summed E-state index contributed by atoms with van der Waals surface area (Å²) >= 11 is 0. The predicted molar refractivity (Wildman–Crippen MR) is 63.9 cm³/mol. The van der Waals surface area contributed by atoms with Crippen molar-refractivity contribution < 1.29 is 14.7 Å². The SMILES string of the molecule is O=C(O)C(C(=O)c1ccccc1)C1CCCC1. The second-order valence-corrected chi connectivity index (χ2v) is 4.59. The molecule has 0 aliphatic heterocycles. The average molecular weight is 232 g/mol. The summed E-state index contributed by atoms with van der Waals surface area (Å²) in [6.07, 6.45) is 3.79. The molecule has 0 radical (unpaired) electrons. The van der Waals surface area contributed by atoms with Gasteiger partial charge in [-0.15, -0.1) is 0 Å². The van der Waals surface area contributed by atoms with Crippen molar-refractivity contribution in [1.29, 1.82) is 0 Å². The number of hydrogen-bond acceptors (Lipinski definition) is 2. The summed E-state index contributed by atoms with van der Waals surface area (Å²) in [6, 6.07) is 8.73. The molecule has 1 unspecified atom stereocenters. The zero-order chi connectivity index (χ0) is 12.3. The first kappa shape index (κ1) is 11.8. The van der Waals surface area contributed by atoms with Crippen LogP contribution in [0.5, 0.6) is 0 Å². The van der Waals surface area contributed by atoms with Crippen molar-refractivity contribution in [3.05, 3.63) is 35.9 Å². The van der Waals surface area contributed by atoms with E-state index in [0.29, 0.717) is 5.56 Å². The quantitative estimate of drug-likeness (QED) is 0.641. The van der Waals surface area contributed by atoms with Gasteiger partial charge in [0.05, 0.1) is 0 Å². The van der Waals surface area contributed by atoms with E-state index in [-0.39, 0.29) is 11.7 Å². The maximum Gasteiger partial charge on any atom is 0.314 e. The molecule has 1 aromatic carbocycles. The molecule has 3 heteroatoms. The fourth-order valence-corrected chi connectivity index (χ4v) is 2.60. The van der Waals surface area contributed by atoms with Gasteiger partial charge in [0.25, 0.3) is 0 Å². The van der Waals surface area contributed by atoms with Crippen molar-refractivity contribution in [1.82, 2.24) is 0 Å². The van der Waals surface area contributed by atoms with Crippen molar-refractivity contribution >= 4 is 11.8 Å². The molecule has 1 fully saturated rings. The molecular weight excluding hydrogens is 216 g/mol. The Bertz CT molecular complexity index is 405. The van der Waals surface area contributed by atoms with Gasteiger partial charge in [-0.25, -0.2) is 0 Å². The summed E-state index contributed by atoms with van der Waals surface area (Å²) in [6.45, 7) is 0. The Hall–Kier alpha value is -1.64. The highest BCUT2D eigenvalue weighted by Gasteiger charge is 2.36. The average Bonchev–Trinajstić information content (AvgIpc) is 2.83. The van der Waals surface area contributed by atoms with Gasteiger partial charge in [0.15, 0.2) is 5.78 Å². The molecule has 90 valence electrons. The summed E-state index contributed by atoms with van der Waals surface area (Å²) in [5.74, 6) is -2.07. The van der Waals surface area contributed by atoms with Gasteiger partial charge in [0.1, 0.15) is 5.92 Å². The molecule has 0 saturated heterocycles. The Labute approximate surface area is 100 Å². The Balaban J connectivity index is 2.22. The van der Waals surface area contributed by atoms with Gasteiger partial charge >= 0.3 is 5.97 Å². The van der Waals surface area contributed by atoms with Crippen molar-refractivity contribution in [2.24, 2.45) is 11.8 Å². The maximum absolute atomic E-state index is 12.2. The molecule has 17 heavy (non-hydrogen) atoms. The normalized spacial score (nSPS) is 17.9. The monoisotopic (exact) mass is 232 g/mol. The van der Waals surface area contributed by atoms with Crippen LogP contribution in [-0.2, 0) is 4.79 Å². The number of carboxylic acid groups (broad SMARTS) is 1. The van der Waals surface area contributed by atoms with E-state index in [1.54, 1.807) is 24.3 Å². The van der Waals surface area contributed by atoms with E-state index in [0.717, 1.165) is 25.7 Å². The molecule has 1 aliphatic rings. The molecule has 3 nitrogen and oxygen atoms in total. The zero-order valence-electron chi connectivity index (χ0n) is 9.63. The van der Waals surface area contributed by atoms with Crippen LogP contribution in [0.2, 0.25) is 0 Å². The fourth-order valence-electron chi connectivity index (χ4n) is 2.60. The minimum atomic E-state index is -0.981. The Morgan fingerprint density at radius 2 is 1.71 bits per heavy atom. The first-order chi connectivity index (χ1) is 8.20. The minimum Gasteiger partial charge on any atom is -0.481 e. The fraction of sp³-hybridized carbons (Fsp3) is 0.429. The van der Waals surface area contributed by atoms with Gasteiger partial charge in [-0.2, -0.15) is 0 Å². The van der Waals surface area contributed by atoms with Crippen molar-refractivity contribution in [2.45, 2.75) is 25.7 Å². The van der Waals surface area contributed by atoms with E-state index in [1.165, 1.54) is 0 Å². The Kier molecular flexibility index (Phi) is 3.57. The van der Waals surface area contributed by atoms with Crippen LogP contribution in [0.3, 0.4) is 0 Å². The van der Waals surface area contributed by atoms with Crippen molar-refractivity contribution in [3.63, 3.8) is 0 Å². The number of ketones is 1. The lowest BCUT2D eigenvalue weighted by Gasteiger charge is -2.17. The standard InChI is InChI=1S/C14H16O3/c15-13(11-8-2-1-3-9-11)12(14(16)17)10-6-4-5-7-10/h1-3,8-10,12H,4-7H2,(H,16,17). The van der Waals surface area contributed by atoms with Gasteiger partial charge in [-0.1, -0.05) is 43.2 Å². The summed E-state index contributed by atoms with van der Waals surface area (Å²) in [7, 11) is 0. The molecule has 0 bridgehead atoms. The largest absolute Gasteiger partial charge is 0.481 e. The molecule has 1 saturated carbocycles. The highest BCUT2D eigenvalue weighted by molar-refractivity contribution is 6.08. The number of benzene rings is 1. The molecule has 0 aromatic heterocycles. The van der Waals surface area contributed by atoms with Crippen LogP contribution in [0, 0.1) is 11.8 Å². The third kappa shape index (κ3) is 2.54. The van der Waals surface area contributed by atoms with Crippen LogP contribution in [-0.4, -0.2) is 16.9 Å². The van der Waals surface area contributed by atoms with Gasteiger partial charge < -0.3 is 5.11 Å². The third-order valence-electron chi connectivity index (χ3n) is 3.48. The predicted octanol–water partition coefficient (Wildman–Crippen LogP) is 2.76. The minimum absolute atomic E-state index is 0.0141. The lowest BCUT2D eigenvalue weighted by Crippen LogP contribution is -2.30. The summed E-state index contributed by atoms with van der Waals surface area (Å²) < 4.78 is 0. The summed E-state index contributed by atoms with van der Waals surface area (Å²) in [4.78, 5) is 23.5. The van der Waals surface area contributed by atoms with Crippen molar-refractivity contribution in [3.8, 4) is 0 Å². The van der Waals surface area contributed by atoms with Gasteiger partial charge in [0.2, 0.25) is 0 Å². The van der Waals surface area contributed by atoms with Crippen LogP contribution in [0.25, 0.3) is 0 Å². The highest BCUT2D eigenvalue weighted by atomic mass is 16.4. The van der Waals surface area contributed by atoms with Crippen LogP contribution in [0.15, 0.2) is 30.3 Å². The van der Waals surface area contributed by atoms with E-state index < -0.39 is 11.9 Å². The third-order valence-corrected chi connectivity index (χ3v) is 3.48. The Morgan fingerprint density at radius 1 is 1.12 bits per heavy atom. The molecule has 2 rings (SSSR count). The lowest BCUT2D eigenvalue weighted by molar-refractivity contribution is -0.141. The number of hydrogen-bond donors (Lipinski definition) is 1. The van der Waals surface area contributed by atoms with Crippen LogP contribution >= 0.6 is 0 Å². The molecule has 0 spiro atoms. The molecule has 1 N–H and O–H groups in total. The number of Topliss-reactive ketones (excluding diaryl/α,β-unsaturated/α-hetero) is 1. The highest BCUT2D eigenvalue weighted by Crippen LogP contribution is 2.33. The first-order valence-electron chi connectivity index (χ1n) is 6.02. The van der Waals surface area contributed by atoms with Crippen molar-refractivity contribution in [2.75, 3.05) is 0 Å². The van der Waals surface area contributed by atoms with Gasteiger partial charge in [-0.05, 0) is 18.8 Å². The molecule has 1 aliphatic carbocycles. The molecule has 0 amide bonds. The van der Waals surface area contributed by atoms with Gasteiger partial charge in [0, 0.05) is 5.56 Å². The summed E-state index contributed by atoms with van der Waals surface area (Å²) in [5.41, 5.74) is 0.506. The number of rotatable bonds is 4. The first-order valence-corrected chi connectivity index (χ1v) is 6.02. The second kappa shape index (κ2) is 5.13. The van der Waals surface area contributed by atoms with Crippen LogP contribution < -0.4 is 0 Å². The van der Waals surface area contributed by atoms with Crippen LogP contribution in [0.1, 0.15) is 36.0 Å². The van der Waals surface area contributed by atoms with E-state index >= 15 is 0 Å². The van der Waals surface area contributed by atoms with Gasteiger partial charge in [-0.3, -0.25) is 9.59 Å². The number of carboxylic acids is 1. The molecular formula is C14H16O3. The topological polar surface area (TPSA) is 54.4 Å². The van der Waals surface area contributed by atoms with E-state index in [1.807, 2.05) is 6.07 Å². The number of carbonyl (C=O) groups is 2. The van der Waals surface area contributed by atoms with E-state index in [4.69, 9.17) is 0 Å². The molecule has 1 aromatic rings. The lowest BCUT2D eigenvalue weighted by atomic mass is 9.84. The van der Waals surface area contributed by atoms with E-state index in [9.17, 15) is 14.7 Å². The molecule has 1 atom stereocenters. The molecule has 0 heterocycles. The van der Waals surface area contributed by atoms with Crippen LogP contribution in [0.4, 0.5) is 0 Å². The zero-order valence-corrected chi connectivity index (χ0v) is 9.63. The summed E-state index contributed by atoms with van der Waals surface area (Å²) in [5, 5.41) is 9.24.